The molecule has 2 aromatic rings. The lowest BCUT2D eigenvalue weighted by Crippen LogP contribution is -2.52. The molecular weight excluding hydrogens is 308 g/mol. The molecule has 3 rings (SSSR count). The van der Waals surface area contributed by atoms with Gasteiger partial charge in [-0.1, -0.05) is 30.3 Å². The molecule has 0 aliphatic carbocycles. The van der Waals surface area contributed by atoms with Crippen molar-refractivity contribution in [2.45, 2.75) is 19.4 Å². The molecule has 1 fully saturated rings. The Hall–Kier alpha value is -2.14. The zero-order valence-electron chi connectivity index (χ0n) is 13.1. The minimum Gasteiger partial charge on any atom is -0.339 e. The largest absolute Gasteiger partial charge is 0.339 e. The minimum absolute atomic E-state index is 0.0656. The normalized spacial score (nSPS) is 18.0. The third-order valence-electron chi connectivity index (χ3n) is 4.27. The van der Waals surface area contributed by atoms with Gasteiger partial charge in [-0.25, -0.2) is 0 Å². The van der Waals surface area contributed by atoms with E-state index in [-0.39, 0.29) is 17.9 Å². The summed E-state index contributed by atoms with van der Waals surface area (Å²) in [6.07, 6.45) is 0.424. The van der Waals surface area contributed by atoms with E-state index < -0.39 is 0 Å². The molecule has 1 aromatic heterocycles. The number of hydrogen-bond acceptors (Lipinski definition) is 3. The molecule has 1 aliphatic heterocycles. The average molecular weight is 328 g/mol. The molecule has 2 heterocycles. The van der Waals surface area contributed by atoms with Crippen molar-refractivity contribution in [1.82, 2.24) is 9.80 Å². The van der Waals surface area contributed by atoms with E-state index in [0.29, 0.717) is 26.1 Å². The van der Waals surface area contributed by atoms with Gasteiger partial charge in [0, 0.05) is 26.6 Å². The van der Waals surface area contributed by atoms with Crippen LogP contribution in [0, 0.1) is 0 Å². The second kappa shape index (κ2) is 6.96. The Kier molecular flexibility index (Phi) is 4.76. The molecule has 0 bridgehead atoms. The van der Waals surface area contributed by atoms with Crippen LogP contribution in [0.1, 0.15) is 24.1 Å². The topological polar surface area (TPSA) is 40.6 Å². The van der Waals surface area contributed by atoms with Gasteiger partial charge < -0.3 is 9.80 Å². The number of carbonyl (C=O) groups excluding carboxylic acids is 2. The summed E-state index contributed by atoms with van der Waals surface area (Å²) in [6.45, 7) is 3.34. The molecule has 0 N–H and O–H groups in total. The Morgan fingerprint density at radius 2 is 1.96 bits per heavy atom. The Balaban J connectivity index is 1.81. The molecule has 0 spiro atoms. The Morgan fingerprint density at radius 3 is 2.61 bits per heavy atom. The van der Waals surface area contributed by atoms with Crippen molar-refractivity contribution in [3.63, 3.8) is 0 Å². The summed E-state index contributed by atoms with van der Waals surface area (Å²) in [5, 5.41) is 4.01. The fourth-order valence-electron chi connectivity index (χ4n) is 3.00. The number of benzene rings is 1. The fourth-order valence-corrected chi connectivity index (χ4v) is 3.67. The first-order valence-corrected chi connectivity index (χ1v) is 8.70. The molecule has 1 saturated heterocycles. The van der Waals surface area contributed by atoms with Crippen LogP contribution < -0.4 is 0 Å². The van der Waals surface area contributed by atoms with Crippen LogP contribution in [0.25, 0.3) is 0 Å². The van der Waals surface area contributed by atoms with Crippen molar-refractivity contribution in [3.05, 3.63) is 58.3 Å². The summed E-state index contributed by atoms with van der Waals surface area (Å²) in [6, 6.07) is 11.9. The molecule has 0 radical (unpaired) electrons. The molecule has 1 unspecified atom stereocenters. The van der Waals surface area contributed by atoms with Crippen LogP contribution in [-0.2, 0) is 16.0 Å². The molecule has 5 heteroatoms. The summed E-state index contributed by atoms with van der Waals surface area (Å²) in [5.41, 5.74) is 2.14. The Bertz CT molecular complexity index is 670. The van der Waals surface area contributed by atoms with E-state index in [9.17, 15) is 9.59 Å². The monoisotopic (exact) mass is 328 g/mol. The van der Waals surface area contributed by atoms with Crippen LogP contribution >= 0.6 is 11.3 Å². The highest BCUT2D eigenvalue weighted by atomic mass is 32.1. The third kappa shape index (κ3) is 3.62. The van der Waals surface area contributed by atoms with Crippen molar-refractivity contribution in [2.75, 3.05) is 19.6 Å². The van der Waals surface area contributed by atoms with Crippen molar-refractivity contribution in [1.29, 1.82) is 0 Å². The minimum atomic E-state index is -0.0695. The fraction of sp³-hybridized carbons (Fsp3) is 0.333. The maximum absolute atomic E-state index is 12.8. The quantitative estimate of drug-likeness (QED) is 0.869. The van der Waals surface area contributed by atoms with E-state index in [1.807, 2.05) is 57.0 Å². The number of hydrogen-bond donors (Lipinski definition) is 0. The van der Waals surface area contributed by atoms with Gasteiger partial charge in [0.2, 0.25) is 11.8 Å². The van der Waals surface area contributed by atoms with E-state index in [1.54, 1.807) is 18.3 Å². The predicted molar refractivity (Wildman–Crippen MR) is 91.2 cm³/mol. The van der Waals surface area contributed by atoms with Gasteiger partial charge in [0.05, 0.1) is 12.5 Å². The lowest BCUT2D eigenvalue weighted by atomic mass is 10.0. The molecule has 120 valence electrons. The van der Waals surface area contributed by atoms with E-state index in [4.69, 9.17) is 0 Å². The van der Waals surface area contributed by atoms with Gasteiger partial charge in [-0.2, -0.15) is 11.3 Å². The molecular formula is C18H20N2O2S. The Labute approximate surface area is 140 Å². The van der Waals surface area contributed by atoms with E-state index >= 15 is 0 Å². The summed E-state index contributed by atoms with van der Waals surface area (Å²) >= 11 is 1.61. The number of nitrogens with zero attached hydrogens (tertiary/aromatic N) is 2. The zero-order valence-corrected chi connectivity index (χ0v) is 14.0. The maximum Gasteiger partial charge on any atom is 0.227 e. The van der Waals surface area contributed by atoms with Crippen LogP contribution in [0.3, 0.4) is 0 Å². The highest BCUT2D eigenvalue weighted by Crippen LogP contribution is 2.26. The summed E-state index contributed by atoms with van der Waals surface area (Å²) < 4.78 is 0. The van der Waals surface area contributed by atoms with Crippen LogP contribution in [-0.4, -0.2) is 41.2 Å². The molecule has 1 aliphatic rings. The zero-order chi connectivity index (χ0) is 16.2. The van der Waals surface area contributed by atoms with Gasteiger partial charge in [-0.15, -0.1) is 0 Å². The van der Waals surface area contributed by atoms with Crippen LogP contribution in [0.5, 0.6) is 0 Å². The molecule has 2 amide bonds. The molecule has 23 heavy (non-hydrogen) atoms. The first-order valence-electron chi connectivity index (χ1n) is 7.76. The van der Waals surface area contributed by atoms with Gasteiger partial charge in [0.15, 0.2) is 0 Å². The van der Waals surface area contributed by atoms with Gasteiger partial charge in [-0.3, -0.25) is 9.59 Å². The van der Waals surface area contributed by atoms with Crippen LogP contribution in [0.4, 0.5) is 0 Å². The number of carbonyl (C=O) groups is 2. The summed E-state index contributed by atoms with van der Waals surface area (Å²) in [7, 11) is 0. The number of thiophene rings is 1. The summed E-state index contributed by atoms with van der Waals surface area (Å²) in [4.78, 5) is 28.2. The smallest absolute Gasteiger partial charge is 0.227 e. The number of piperazine rings is 1. The van der Waals surface area contributed by atoms with Gasteiger partial charge >= 0.3 is 0 Å². The van der Waals surface area contributed by atoms with E-state index in [0.717, 1.165) is 11.1 Å². The van der Waals surface area contributed by atoms with Crippen molar-refractivity contribution in [2.24, 2.45) is 0 Å². The molecule has 4 nitrogen and oxygen atoms in total. The maximum atomic E-state index is 12.8. The van der Waals surface area contributed by atoms with Crippen molar-refractivity contribution >= 4 is 23.2 Å². The molecule has 1 aromatic carbocycles. The van der Waals surface area contributed by atoms with Gasteiger partial charge in [0.25, 0.3) is 0 Å². The molecule has 1 atom stereocenters. The second-order valence-corrected chi connectivity index (χ2v) is 6.57. The average Bonchev–Trinajstić information content (AvgIpc) is 3.08. The number of rotatable bonds is 3. The second-order valence-electron chi connectivity index (χ2n) is 5.79. The third-order valence-corrected chi connectivity index (χ3v) is 5.00. The van der Waals surface area contributed by atoms with Crippen LogP contribution in [0.15, 0.2) is 47.2 Å². The highest BCUT2D eigenvalue weighted by Gasteiger charge is 2.32. The SMILES string of the molecule is CC(=O)N1CCN(C(=O)Cc2ccsc2)C(c2ccccc2)C1. The lowest BCUT2D eigenvalue weighted by Gasteiger charge is -2.41. The number of amides is 2. The van der Waals surface area contributed by atoms with E-state index in [2.05, 4.69) is 0 Å². The predicted octanol–water partition coefficient (Wildman–Crippen LogP) is 2.72. The van der Waals surface area contributed by atoms with Crippen LogP contribution in [0.2, 0.25) is 0 Å². The van der Waals surface area contributed by atoms with E-state index in [1.165, 1.54) is 0 Å². The molecule has 0 saturated carbocycles. The standard InChI is InChI=1S/C18H20N2O2S/c1-14(21)19-8-9-20(18(22)11-15-7-10-23-13-15)17(12-19)16-5-3-2-4-6-16/h2-7,10,13,17H,8-9,11-12H2,1H3. The van der Waals surface area contributed by atoms with Crippen molar-refractivity contribution in [3.8, 4) is 0 Å². The first kappa shape index (κ1) is 15.7. The van der Waals surface area contributed by atoms with Gasteiger partial charge in [0.1, 0.15) is 0 Å². The highest BCUT2D eigenvalue weighted by molar-refractivity contribution is 7.08. The Morgan fingerprint density at radius 1 is 1.17 bits per heavy atom. The van der Waals surface area contributed by atoms with Gasteiger partial charge in [-0.05, 0) is 28.0 Å². The first-order chi connectivity index (χ1) is 11.1. The lowest BCUT2D eigenvalue weighted by molar-refractivity contribution is -0.141. The van der Waals surface area contributed by atoms with Crippen molar-refractivity contribution < 1.29 is 9.59 Å². The summed E-state index contributed by atoms with van der Waals surface area (Å²) in [5.74, 6) is 0.191.